The number of likely N-dealkylation sites (tertiary alicyclic amines) is 1. The molecule has 0 saturated carbocycles. The van der Waals surface area contributed by atoms with Gasteiger partial charge in [-0.05, 0) is 25.0 Å². The second-order valence-electron chi connectivity index (χ2n) is 4.74. The second-order valence-corrected chi connectivity index (χ2v) is 4.74. The molecule has 1 aliphatic rings. The summed E-state index contributed by atoms with van der Waals surface area (Å²) in [5.74, 6) is -0.291. The van der Waals surface area contributed by atoms with Crippen molar-refractivity contribution in [3.8, 4) is 0 Å². The van der Waals surface area contributed by atoms with Crippen LogP contribution in [0, 0.1) is 10.1 Å². The number of hydrogen-bond donors (Lipinski definition) is 1. The summed E-state index contributed by atoms with van der Waals surface area (Å²) in [7, 11) is 0. The van der Waals surface area contributed by atoms with Crippen LogP contribution in [0.1, 0.15) is 36.0 Å². The van der Waals surface area contributed by atoms with Crippen LogP contribution < -0.4 is 5.73 Å². The molecular weight excluding hydrogens is 246 g/mol. The number of nitrogen functional groups attached to an aromatic ring is 1. The molecule has 102 valence electrons. The molecule has 2 N–H and O–H groups in total. The van der Waals surface area contributed by atoms with E-state index in [-0.39, 0.29) is 17.2 Å². The molecule has 0 atom stereocenters. The zero-order valence-corrected chi connectivity index (χ0v) is 10.7. The zero-order chi connectivity index (χ0) is 13.8. The third-order valence-electron chi connectivity index (χ3n) is 3.34. The van der Waals surface area contributed by atoms with Gasteiger partial charge in [0, 0.05) is 24.8 Å². The molecule has 1 saturated heterocycles. The number of nitrogens with two attached hydrogens (primary N) is 1. The standard InChI is InChI=1S/C13H17N3O3/c14-10-5-6-12(16(18)19)11(9-10)13(17)15-7-3-1-2-4-8-15/h5-6,9H,1-4,7-8,14H2. The fourth-order valence-corrected chi connectivity index (χ4v) is 2.33. The summed E-state index contributed by atoms with van der Waals surface area (Å²) in [6.07, 6.45) is 4.09. The quantitative estimate of drug-likeness (QED) is 0.503. The Bertz CT molecular complexity index is 494. The largest absolute Gasteiger partial charge is 0.399 e. The van der Waals surface area contributed by atoms with Gasteiger partial charge in [-0.25, -0.2) is 0 Å². The van der Waals surface area contributed by atoms with Crippen LogP contribution in [0.15, 0.2) is 18.2 Å². The summed E-state index contributed by atoms with van der Waals surface area (Å²) in [5.41, 5.74) is 5.91. The van der Waals surface area contributed by atoms with Crippen molar-refractivity contribution in [1.29, 1.82) is 0 Å². The Labute approximate surface area is 111 Å². The minimum atomic E-state index is -0.537. The third kappa shape index (κ3) is 3.01. The van der Waals surface area contributed by atoms with Crippen LogP contribution >= 0.6 is 0 Å². The number of amides is 1. The maximum atomic E-state index is 12.4. The minimum absolute atomic E-state index is 0.0897. The Morgan fingerprint density at radius 3 is 2.42 bits per heavy atom. The monoisotopic (exact) mass is 263 g/mol. The van der Waals surface area contributed by atoms with Crippen molar-refractivity contribution in [2.24, 2.45) is 0 Å². The number of nitro benzene ring substituents is 1. The first kappa shape index (κ1) is 13.3. The molecule has 6 nitrogen and oxygen atoms in total. The van der Waals surface area contributed by atoms with Gasteiger partial charge in [0.2, 0.25) is 0 Å². The summed E-state index contributed by atoms with van der Waals surface area (Å²) < 4.78 is 0. The van der Waals surface area contributed by atoms with E-state index in [9.17, 15) is 14.9 Å². The number of rotatable bonds is 2. The van der Waals surface area contributed by atoms with E-state index in [4.69, 9.17) is 5.73 Å². The summed E-state index contributed by atoms with van der Waals surface area (Å²) in [4.78, 5) is 24.5. The lowest BCUT2D eigenvalue weighted by Crippen LogP contribution is -2.32. The number of benzene rings is 1. The van der Waals surface area contributed by atoms with Crippen molar-refractivity contribution in [3.63, 3.8) is 0 Å². The summed E-state index contributed by atoms with van der Waals surface area (Å²) in [6.45, 7) is 1.32. The van der Waals surface area contributed by atoms with E-state index in [2.05, 4.69) is 0 Å². The molecular formula is C13H17N3O3. The van der Waals surface area contributed by atoms with Crippen LogP contribution in [-0.2, 0) is 0 Å². The van der Waals surface area contributed by atoms with Gasteiger partial charge in [0.15, 0.2) is 0 Å². The molecule has 0 bridgehead atoms. The van der Waals surface area contributed by atoms with Gasteiger partial charge < -0.3 is 10.6 Å². The molecule has 1 aromatic rings. The normalized spacial score (nSPS) is 15.9. The highest BCUT2D eigenvalue weighted by Gasteiger charge is 2.25. The van der Waals surface area contributed by atoms with E-state index in [0.717, 1.165) is 25.7 Å². The van der Waals surface area contributed by atoms with Crippen molar-refractivity contribution < 1.29 is 9.72 Å². The Hall–Kier alpha value is -2.11. The number of nitrogens with zero attached hydrogens (tertiary/aromatic N) is 2. The fraction of sp³-hybridized carbons (Fsp3) is 0.462. The zero-order valence-electron chi connectivity index (χ0n) is 10.7. The highest BCUT2D eigenvalue weighted by atomic mass is 16.6. The number of carbonyl (C=O) groups is 1. The van der Waals surface area contributed by atoms with Gasteiger partial charge in [-0.2, -0.15) is 0 Å². The second kappa shape index (κ2) is 5.69. The van der Waals surface area contributed by atoms with E-state index in [1.807, 2.05) is 0 Å². The Morgan fingerprint density at radius 2 is 1.84 bits per heavy atom. The molecule has 0 radical (unpaired) electrons. The summed E-state index contributed by atoms with van der Waals surface area (Å²) in [5, 5.41) is 11.0. The first-order chi connectivity index (χ1) is 9.09. The van der Waals surface area contributed by atoms with E-state index in [1.165, 1.54) is 18.2 Å². The minimum Gasteiger partial charge on any atom is -0.399 e. The SMILES string of the molecule is Nc1ccc([N+](=O)[O-])c(C(=O)N2CCCCCC2)c1. The lowest BCUT2D eigenvalue weighted by atomic mass is 10.1. The first-order valence-corrected chi connectivity index (χ1v) is 6.43. The van der Waals surface area contributed by atoms with E-state index in [0.29, 0.717) is 18.8 Å². The Morgan fingerprint density at radius 1 is 1.21 bits per heavy atom. The Kier molecular flexibility index (Phi) is 3.99. The molecule has 0 spiro atoms. The molecule has 1 fully saturated rings. The molecule has 1 amide bonds. The van der Waals surface area contributed by atoms with Gasteiger partial charge in [0.05, 0.1) is 4.92 Å². The van der Waals surface area contributed by atoms with Gasteiger partial charge in [-0.3, -0.25) is 14.9 Å². The van der Waals surface area contributed by atoms with Crippen LogP contribution in [0.25, 0.3) is 0 Å². The average molecular weight is 263 g/mol. The molecule has 1 heterocycles. The molecule has 2 rings (SSSR count). The first-order valence-electron chi connectivity index (χ1n) is 6.43. The lowest BCUT2D eigenvalue weighted by Gasteiger charge is -2.20. The van der Waals surface area contributed by atoms with Crippen LogP contribution in [0.3, 0.4) is 0 Å². The number of nitro groups is 1. The van der Waals surface area contributed by atoms with Crippen molar-refractivity contribution in [2.45, 2.75) is 25.7 Å². The average Bonchev–Trinajstić information content (AvgIpc) is 2.66. The molecule has 0 unspecified atom stereocenters. The van der Waals surface area contributed by atoms with E-state index in [1.54, 1.807) is 4.90 Å². The summed E-state index contributed by atoms with van der Waals surface area (Å²) >= 11 is 0. The van der Waals surface area contributed by atoms with Gasteiger partial charge in [-0.1, -0.05) is 12.8 Å². The van der Waals surface area contributed by atoms with E-state index < -0.39 is 4.92 Å². The lowest BCUT2D eigenvalue weighted by molar-refractivity contribution is -0.385. The van der Waals surface area contributed by atoms with Crippen molar-refractivity contribution in [1.82, 2.24) is 4.90 Å². The maximum absolute atomic E-state index is 12.4. The molecule has 1 aromatic carbocycles. The van der Waals surface area contributed by atoms with Crippen LogP contribution in [0.5, 0.6) is 0 Å². The van der Waals surface area contributed by atoms with Crippen LogP contribution in [0.2, 0.25) is 0 Å². The molecule has 6 heteroatoms. The highest BCUT2D eigenvalue weighted by Crippen LogP contribution is 2.24. The van der Waals surface area contributed by atoms with Crippen LogP contribution in [0.4, 0.5) is 11.4 Å². The number of anilines is 1. The van der Waals surface area contributed by atoms with Gasteiger partial charge in [0.25, 0.3) is 11.6 Å². The topological polar surface area (TPSA) is 89.5 Å². The molecule has 0 aromatic heterocycles. The smallest absolute Gasteiger partial charge is 0.282 e. The molecule has 0 aliphatic carbocycles. The Balaban J connectivity index is 2.31. The number of hydrogen-bond acceptors (Lipinski definition) is 4. The number of carbonyl (C=O) groups excluding carboxylic acids is 1. The molecule has 1 aliphatic heterocycles. The van der Waals surface area contributed by atoms with E-state index >= 15 is 0 Å². The third-order valence-corrected chi connectivity index (χ3v) is 3.34. The summed E-state index contributed by atoms with van der Waals surface area (Å²) in [6, 6.07) is 4.13. The molecule has 19 heavy (non-hydrogen) atoms. The van der Waals surface area contributed by atoms with Gasteiger partial charge in [-0.15, -0.1) is 0 Å². The van der Waals surface area contributed by atoms with Crippen LogP contribution in [-0.4, -0.2) is 28.8 Å². The maximum Gasteiger partial charge on any atom is 0.282 e. The van der Waals surface area contributed by atoms with Crippen molar-refractivity contribution in [2.75, 3.05) is 18.8 Å². The van der Waals surface area contributed by atoms with Gasteiger partial charge in [0.1, 0.15) is 5.56 Å². The van der Waals surface area contributed by atoms with Gasteiger partial charge >= 0.3 is 0 Å². The van der Waals surface area contributed by atoms with Crippen molar-refractivity contribution in [3.05, 3.63) is 33.9 Å². The highest BCUT2D eigenvalue weighted by molar-refractivity contribution is 5.99. The predicted octanol–water partition coefficient (Wildman–Crippen LogP) is 2.19. The van der Waals surface area contributed by atoms with Crippen molar-refractivity contribution >= 4 is 17.3 Å². The predicted molar refractivity (Wildman–Crippen MR) is 71.9 cm³/mol. The fourth-order valence-electron chi connectivity index (χ4n) is 2.33.